The zero-order valence-corrected chi connectivity index (χ0v) is 6.73. The lowest BCUT2D eigenvalue weighted by Crippen LogP contribution is -2.19. The molecule has 1 rings (SSSR count). The quantitative estimate of drug-likeness (QED) is 0.399. The Balaban J connectivity index is 2.47. The smallest absolute Gasteiger partial charge is 0.137 e. The molecule has 0 aromatic heterocycles. The molecule has 1 aliphatic heterocycles. The van der Waals surface area contributed by atoms with Crippen LogP contribution in [0.2, 0.25) is 0 Å². The summed E-state index contributed by atoms with van der Waals surface area (Å²) in [6.45, 7) is 3.20. The van der Waals surface area contributed by atoms with Crippen LogP contribution in [0.25, 0.3) is 0 Å². The van der Waals surface area contributed by atoms with Gasteiger partial charge in [-0.3, -0.25) is 4.67 Å². The number of aldehydes is 1. The third-order valence-corrected chi connectivity index (χ3v) is 2.34. The van der Waals surface area contributed by atoms with Crippen molar-refractivity contribution < 1.29 is 4.79 Å². The minimum absolute atomic E-state index is 0.157. The number of hydrogen-bond donors (Lipinski definition) is 0. The van der Waals surface area contributed by atoms with Crippen LogP contribution in [0, 0.1) is 5.92 Å². The predicted molar refractivity (Wildman–Crippen MR) is 40.0 cm³/mol. The van der Waals surface area contributed by atoms with Gasteiger partial charge in [-0.1, -0.05) is 16.3 Å². The Kier molecular flexibility index (Phi) is 2.20. The van der Waals surface area contributed by atoms with E-state index in [2.05, 4.69) is 16.3 Å². The first-order valence-electron chi connectivity index (χ1n) is 3.20. The average Bonchev–Trinajstić information content (AvgIpc) is 2.10. The minimum Gasteiger partial charge on any atom is -0.302 e. The molecule has 0 aromatic rings. The molecular formula is C6H12NOP. The van der Waals surface area contributed by atoms with Crippen molar-refractivity contribution in [2.45, 2.75) is 19.4 Å². The summed E-state index contributed by atoms with van der Waals surface area (Å²) in [6, 6.07) is 0.157. The summed E-state index contributed by atoms with van der Waals surface area (Å²) >= 11 is 0. The summed E-state index contributed by atoms with van der Waals surface area (Å²) in [5, 5.41) is 0. The molecule has 0 spiro atoms. The molecule has 9 heavy (non-hydrogen) atoms. The first kappa shape index (κ1) is 7.17. The Morgan fingerprint density at radius 1 is 1.78 bits per heavy atom. The molecule has 0 radical (unpaired) electrons. The molecule has 0 N–H and O–H groups in total. The second-order valence-electron chi connectivity index (χ2n) is 2.74. The monoisotopic (exact) mass is 145 g/mol. The molecule has 1 heterocycles. The highest BCUT2D eigenvalue weighted by Crippen LogP contribution is 2.23. The van der Waals surface area contributed by atoms with Gasteiger partial charge in [0.25, 0.3) is 0 Å². The van der Waals surface area contributed by atoms with Crippen LogP contribution in [0.4, 0.5) is 0 Å². The van der Waals surface area contributed by atoms with E-state index in [1.165, 1.54) is 0 Å². The van der Waals surface area contributed by atoms with Crippen LogP contribution in [-0.2, 0) is 4.79 Å². The molecule has 52 valence electrons. The molecule has 0 saturated carbocycles. The first-order chi connectivity index (χ1) is 4.24. The Labute approximate surface area is 57.9 Å². The van der Waals surface area contributed by atoms with Gasteiger partial charge in [0.1, 0.15) is 6.29 Å². The number of carbonyl (C=O) groups is 1. The van der Waals surface area contributed by atoms with Crippen LogP contribution in [0.15, 0.2) is 0 Å². The molecular weight excluding hydrogens is 133 g/mol. The van der Waals surface area contributed by atoms with E-state index in [9.17, 15) is 4.79 Å². The van der Waals surface area contributed by atoms with Gasteiger partial charge in [-0.15, -0.1) is 0 Å². The van der Waals surface area contributed by atoms with E-state index in [0.717, 1.165) is 19.3 Å². The maximum absolute atomic E-state index is 10.3. The number of rotatable bonds is 1. The van der Waals surface area contributed by atoms with Crippen molar-refractivity contribution in [1.29, 1.82) is 0 Å². The third kappa shape index (κ3) is 1.50. The van der Waals surface area contributed by atoms with E-state index in [-0.39, 0.29) is 6.04 Å². The van der Waals surface area contributed by atoms with Crippen LogP contribution in [0.5, 0.6) is 0 Å². The normalized spacial score (nSPS) is 37.1. The summed E-state index contributed by atoms with van der Waals surface area (Å²) in [5.41, 5.74) is 0. The molecule has 3 atom stereocenters. The van der Waals surface area contributed by atoms with Gasteiger partial charge in [0, 0.05) is 6.54 Å². The van der Waals surface area contributed by atoms with Crippen LogP contribution >= 0.6 is 9.39 Å². The lowest BCUT2D eigenvalue weighted by Gasteiger charge is -2.10. The fourth-order valence-corrected chi connectivity index (χ4v) is 1.80. The molecule has 3 unspecified atom stereocenters. The molecule has 1 saturated heterocycles. The summed E-state index contributed by atoms with van der Waals surface area (Å²) in [6.07, 6.45) is 2.05. The fraction of sp³-hybridized carbons (Fsp3) is 0.833. The average molecular weight is 145 g/mol. The second-order valence-corrected chi connectivity index (χ2v) is 3.40. The predicted octanol–water partition coefficient (Wildman–Crippen LogP) is 0.686. The highest BCUT2D eigenvalue weighted by molar-refractivity contribution is 7.13. The van der Waals surface area contributed by atoms with Crippen LogP contribution in [0.1, 0.15) is 13.3 Å². The van der Waals surface area contributed by atoms with Gasteiger partial charge in [0.05, 0.1) is 6.04 Å². The second kappa shape index (κ2) is 2.76. The van der Waals surface area contributed by atoms with E-state index in [1.54, 1.807) is 0 Å². The van der Waals surface area contributed by atoms with Crippen molar-refractivity contribution >= 4 is 15.7 Å². The van der Waals surface area contributed by atoms with Gasteiger partial charge in [-0.25, -0.2) is 0 Å². The van der Waals surface area contributed by atoms with Crippen LogP contribution in [0.3, 0.4) is 0 Å². The fourth-order valence-electron chi connectivity index (χ4n) is 1.25. The Hall–Kier alpha value is 0.0600. The van der Waals surface area contributed by atoms with E-state index >= 15 is 0 Å². The number of nitrogens with zero attached hydrogens (tertiary/aromatic N) is 1. The molecule has 2 nitrogen and oxygen atoms in total. The maximum atomic E-state index is 10.3. The summed E-state index contributed by atoms with van der Waals surface area (Å²) in [5.74, 6) is 0.678. The molecule has 1 fully saturated rings. The van der Waals surface area contributed by atoms with Crippen molar-refractivity contribution in [2.24, 2.45) is 5.92 Å². The van der Waals surface area contributed by atoms with Gasteiger partial charge >= 0.3 is 0 Å². The van der Waals surface area contributed by atoms with E-state index in [1.807, 2.05) is 4.67 Å². The van der Waals surface area contributed by atoms with Gasteiger partial charge < -0.3 is 4.79 Å². The van der Waals surface area contributed by atoms with Crippen LogP contribution < -0.4 is 0 Å². The lowest BCUT2D eigenvalue weighted by molar-refractivity contribution is -0.110. The minimum atomic E-state index is 0.157. The topological polar surface area (TPSA) is 20.3 Å². The Bertz CT molecular complexity index is 118. The molecule has 0 aliphatic carbocycles. The van der Waals surface area contributed by atoms with E-state index in [0.29, 0.717) is 5.92 Å². The Morgan fingerprint density at radius 3 is 2.67 bits per heavy atom. The molecule has 0 amide bonds. The van der Waals surface area contributed by atoms with Crippen molar-refractivity contribution in [3.8, 4) is 0 Å². The molecule has 0 bridgehead atoms. The molecule has 1 aliphatic rings. The van der Waals surface area contributed by atoms with Gasteiger partial charge in [-0.2, -0.15) is 0 Å². The number of hydrogen-bond acceptors (Lipinski definition) is 2. The Morgan fingerprint density at radius 2 is 2.44 bits per heavy atom. The molecule has 3 heteroatoms. The van der Waals surface area contributed by atoms with Crippen molar-refractivity contribution in [3.05, 3.63) is 0 Å². The van der Waals surface area contributed by atoms with Gasteiger partial charge in [0.2, 0.25) is 0 Å². The maximum Gasteiger partial charge on any atom is 0.137 e. The van der Waals surface area contributed by atoms with Gasteiger partial charge in [0.15, 0.2) is 0 Å². The van der Waals surface area contributed by atoms with E-state index in [4.69, 9.17) is 0 Å². The lowest BCUT2D eigenvalue weighted by atomic mass is 10.1. The number of carbonyl (C=O) groups excluding carboxylic acids is 1. The zero-order chi connectivity index (χ0) is 6.85. The van der Waals surface area contributed by atoms with Crippen molar-refractivity contribution in [3.63, 3.8) is 0 Å². The SMILES string of the molecule is CC1CC(C=O)N(P)C1. The molecule has 0 aromatic carbocycles. The standard InChI is InChI=1S/C6H12NOP/c1-5-2-6(4-8)7(9)3-5/h4-6H,2-3,9H2,1H3. The van der Waals surface area contributed by atoms with E-state index < -0.39 is 0 Å². The van der Waals surface area contributed by atoms with Crippen LogP contribution in [-0.4, -0.2) is 23.5 Å². The summed E-state index contributed by atoms with van der Waals surface area (Å²) in [4.78, 5) is 10.3. The largest absolute Gasteiger partial charge is 0.302 e. The summed E-state index contributed by atoms with van der Waals surface area (Å²) < 4.78 is 2.03. The van der Waals surface area contributed by atoms with Crippen molar-refractivity contribution in [1.82, 2.24) is 4.67 Å². The zero-order valence-electron chi connectivity index (χ0n) is 5.58. The first-order valence-corrected chi connectivity index (χ1v) is 3.72. The van der Waals surface area contributed by atoms with Crippen molar-refractivity contribution in [2.75, 3.05) is 6.54 Å². The third-order valence-electron chi connectivity index (χ3n) is 1.75. The van der Waals surface area contributed by atoms with Gasteiger partial charge in [-0.05, 0) is 12.3 Å². The highest BCUT2D eigenvalue weighted by atomic mass is 31.0. The summed E-state index contributed by atoms with van der Waals surface area (Å²) in [7, 11) is 2.58. The highest BCUT2D eigenvalue weighted by Gasteiger charge is 2.25.